The molecular weight excluding hydrogens is 308 g/mol. The molecule has 1 atom stereocenters. The highest BCUT2D eigenvalue weighted by molar-refractivity contribution is 5.76. The van der Waals surface area contributed by atoms with Crippen LogP contribution in [0.2, 0.25) is 0 Å². The summed E-state index contributed by atoms with van der Waals surface area (Å²) >= 11 is 0. The van der Waals surface area contributed by atoms with Crippen molar-refractivity contribution in [2.24, 2.45) is 0 Å². The molecule has 2 aromatic rings. The van der Waals surface area contributed by atoms with Crippen molar-refractivity contribution in [1.29, 1.82) is 0 Å². The van der Waals surface area contributed by atoms with Gasteiger partial charge in [0.15, 0.2) is 0 Å². The van der Waals surface area contributed by atoms with Gasteiger partial charge in [-0.25, -0.2) is 0 Å². The van der Waals surface area contributed by atoms with Gasteiger partial charge in [0.05, 0.1) is 6.04 Å². The number of aromatic nitrogens is 2. The van der Waals surface area contributed by atoms with Gasteiger partial charge in [0, 0.05) is 43.8 Å². The Morgan fingerprint density at radius 1 is 1.46 bits per heavy atom. The highest BCUT2D eigenvalue weighted by Gasteiger charge is 2.24. The molecule has 0 saturated carbocycles. The summed E-state index contributed by atoms with van der Waals surface area (Å²) in [5, 5.41) is 12.8. The molecule has 2 aromatic heterocycles. The maximum absolute atomic E-state index is 12.6. The maximum Gasteiger partial charge on any atom is 0.254 e. The first-order valence-electron chi connectivity index (χ1n) is 7.86. The fourth-order valence-corrected chi connectivity index (χ4v) is 2.93. The van der Waals surface area contributed by atoms with E-state index in [-0.39, 0.29) is 29.8 Å². The molecule has 0 aromatic carbocycles. The van der Waals surface area contributed by atoms with Crippen molar-refractivity contribution < 1.29 is 9.90 Å². The SMILES string of the molecule is Cc1cc(O)cc(=O)n1CC(=O)N1CCNC(c2cccnc2)C1. The van der Waals surface area contributed by atoms with Crippen LogP contribution in [-0.2, 0) is 11.3 Å². The molecule has 1 unspecified atom stereocenters. The molecule has 1 aliphatic rings. The molecular formula is C17H20N4O3. The summed E-state index contributed by atoms with van der Waals surface area (Å²) in [5.41, 5.74) is 1.22. The summed E-state index contributed by atoms with van der Waals surface area (Å²) in [5.74, 6) is -0.193. The summed E-state index contributed by atoms with van der Waals surface area (Å²) in [6, 6.07) is 6.49. The minimum atomic E-state index is -0.375. The van der Waals surface area contributed by atoms with Gasteiger partial charge in [-0.1, -0.05) is 6.07 Å². The lowest BCUT2D eigenvalue weighted by Gasteiger charge is -2.34. The highest BCUT2D eigenvalue weighted by atomic mass is 16.3. The van der Waals surface area contributed by atoms with Crippen LogP contribution in [0.1, 0.15) is 17.3 Å². The standard InChI is InChI=1S/C17H20N4O3/c1-12-7-14(22)8-16(23)21(12)11-17(24)20-6-5-19-15(10-20)13-3-2-4-18-9-13/h2-4,7-9,15,19,22H,5-6,10-11H2,1H3. The summed E-state index contributed by atoms with van der Waals surface area (Å²) in [4.78, 5) is 30.4. The zero-order valence-corrected chi connectivity index (χ0v) is 13.5. The fourth-order valence-electron chi connectivity index (χ4n) is 2.93. The Hall–Kier alpha value is -2.67. The van der Waals surface area contributed by atoms with Gasteiger partial charge in [0.25, 0.3) is 5.56 Å². The van der Waals surface area contributed by atoms with Crippen molar-refractivity contribution in [3.63, 3.8) is 0 Å². The molecule has 2 N–H and O–H groups in total. The van der Waals surface area contributed by atoms with E-state index in [1.807, 2.05) is 12.1 Å². The average molecular weight is 328 g/mol. The Labute approximate surface area is 139 Å². The minimum Gasteiger partial charge on any atom is -0.508 e. The van der Waals surface area contributed by atoms with Crippen LogP contribution in [0.3, 0.4) is 0 Å². The normalized spacial score (nSPS) is 17.7. The largest absolute Gasteiger partial charge is 0.508 e. The van der Waals surface area contributed by atoms with Crippen molar-refractivity contribution in [1.82, 2.24) is 19.8 Å². The molecule has 3 heterocycles. The summed E-state index contributed by atoms with van der Waals surface area (Å²) in [6.07, 6.45) is 3.51. The van der Waals surface area contributed by atoms with Crippen LogP contribution in [-0.4, -0.2) is 45.1 Å². The molecule has 1 saturated heterocycles. The quantitative estimate of drug-likeness (QED) is 0.853. The van der Waals surface area contributed by atoms with Gasteiger partial charge in [0.1, 0.15) is 12.3 Å². The van der Waals surface area contributed by atoms with E-state index in [1.165, 1.54) is 10.6 Å². The van der Waals surface area contributed by atoms with Crippen LogP contribution >= 0.6 is 0 Å². The zero-order valence-electron chi connectivity index (χ0n) is 13.5. The lowest BCUT2D eigenvalue weighted by Crippen LogP contribution is -2.49. The second-order valence-electron chi connectivity index (χ2n) is 5.91. The third-order valence-electron chi connectivity index (χ3n) is 4.23. The van der Waals surface area contributed by atoms with Gasteiger partial charge in [-0.2, -0.15) is 0 Å². The number of hydrogen-bond acceptors (Lipinski definition) is 5. The van der Waals surface area contributed by atoms with Crippen molar-refractivity contribution in [3.05, 3.63) is 58.3 Å². The molecule has 1 fully saturated rings. The number of aryl methyl sites for hydroxylation is 1. The molecule has 7 nitrogen and oxygen atoms in total. The number of carbonyl (C=O) groups is 1. The van der Waals surface area contributed by atoms with E-state index in [4.69, 9.17) is 0 Å². The van der Waals surface area contributed by atoms with Crippen LogP contribution in [0, 0.1) is 6.92 Å². The van der Waals surface area contributed by atoms with E-state index in [0.717, 1.165) is 11.6 Å². The zero-order chi connectivity index (χ0) is 17.1. The number of carbonyl (C=O) groups excluding carboxylic acids is 1. The number of hydrogen-bond donors (Lipinski definition) is 2. The van der Waals surface area contributed by atoms with Crippen molar-refractivity contribution >= 4 is 5.91 Å². The molecule has 7 heteroatoms. The lowest BCUT2D eigenvalue weighted by atomic mass is 10.1. The van der Waals surface area contributed by atoms with Crippen LogP contribution in [0.25, 0.3) is 0 Å². The van der Waals surface area contributed by atoms with Gasteiger partial charge in [-0.05, 0) is 24.6 Å². The van der Waals surface area contributed by atoms with Gasteiger partial charge >= 0.3 is 0 Å². The molecule has 126 valence electrons. The Morgan fingerprint density at radius 2 is 2.29 bits per heavy atom. The number of rotatable bonds is 3. The Morgan fingerprint density at radius 3 is 3.00 bits per heavy atom. The summed E-state index contributed by atoms with van der Waals surface area (Å²) in [7, 11) is 0. The summed E-state index contributed by atoms with van der Waals surface area (Å²) in [6.45, 7) is 3.50. The first kappa shape index (κ1) is 16.2. The van der Waals surface area contributed by atoms with Crippen LogP contribution in [0.4, 0.5) is 0 Å². The van der Waals surface area contributed by atoms with Gasteiger partial charge < -0.3 is 19.9 Å². The van der Waals surface area contributed by atoms with E-state index in [0.29, 0.717) is 25.3 Å². The minimum absolute atomic E-state index is 0.0231. The fraction of sp³-hybridized carbons (Fsp3) is 0.353. The number of nitrogens with zero attached hydrogens (tertiary/aromatic N) is 3. The Balaban J connectivity index is 1.73. The molecule has 0 bridgehead atoms. The molecule has 0 radical (unpaired) electrons. The third kappa shape index (κ3) is 3.46. The lowest BCUT2D eigenvalue weighted by molar-refractivity contribution is -0.133. The predicted molar refractivity (Wildman–Crippen MR) is 88.7 cm³/mol. The Kier molecular flexibility index (Phi) is 4.61. The molecule has 3 rings (SSSR count). The number of amides is 1. The van der Waals surface area contributed by atoms with E-state index >= 15 is 0 Å². The number of pyridine rings is 2. The average Bonchev–Trinajstić information content (AvgIpc) is 2.59. The van der Waals surface area contributed by atoms with Crippen LogP contribution < -0.4 is 10.9 Å². The van der Waals surface area contributed by atoms with E-state index in [1.54, 1.807) is 24.2 Å². The van der Waals surface area contributed by atoms with Gasteiger partial charge in [-0.3, -0.25) is 14.6 Å². The molecule has 0 aliphatic carbocycles. The smallest absolute Gasteiger partial charge is 0.254 e. The number of piperazine rings is 1. The second kappa shape index (κ2) is 6.84. The van der Waals surface area contributed by atoms with Crippen molar-refractivity contribution in [2.75, 3.05) is 19.6 Å². The second-order valence-corrected chi connectivity index (χ2v) is 5.91. The van der Waals surface area contributed by atoms with Gasteiger partial charge in [0.2, 0.25) is 5.91 Å². The first-order chi connectivity index (χ1) is 11.5. The van der Waals surface area contributed by atoms with Crippen LogP contribution in [0.15, 0.2) is 41.5 Å². The number of nitrogens with one attached hydrogen (secondary N) is 1. The van der Waals surface area contributed by atoms with Crippen molar-refractivity contribution in [2.45, 2.75) is 19.5 Å². The predicted octanol–water partition coefficient (Wildman–Crippen LogP) is 0.430. The monoisotopic (exact) mass is 328 g/mol. The van der Waals surface area contributed by atoms with E-state index in [2.05, 4.69) is 10.3 Å². The molecule has 24 heavy (non-hydrogen) atoms. The topological polar surface area (TPSA) is 87.5 Å². The van der Waals surface area contributed by atoms with Crippen molar-refractivity contribution in [3.8, 4) is 5.75 Å². The molecule has 0 spiro atoms. The van der Waals surface area contributed by atoms with Crippen LogP contribution in [0.5, 0.6) is 5.75 Å². The summed E-state index contributed by atoms with van der Waals surface area (Å²) < 4.78 is 1.38. The molecule has 1 amide bonds. The maximum atomic E-state index is 12.6. The molecule has 1 aliphatic heterocycles. The van der Waals surface area contributed by atoms with Gasteiger partial charge in [-0.15, -0.1) is 0 Å². The van der Waals surface area contributed by atoms with E-state index in [9.17, 15) is 14.7 Å². The van der Waals surface area contributed by atoms with E-state index < -0.39 is 0 Å². The highest BCUT2D eigenvalue weighted by Crippen LogP contribution is 2.16. The number of aromatic hydroxyl groups is 1. The first-order valence-corrected chi connectivity index (χ1v) is 7.86. The third-order valence-corrected chi connectivity index (χ3v) is 4.23. The Bertz CT molecular complexity index is 788.